The topological polar surface area (TPSA) is 29.5 Å². The number of hydrogen-bond donors (Lipinski definition) is 1. The van der Waals surface area contributed by atoms with E-state index in [4.69, 9.17) is 4.74 Å². The van der Waals surface area contributed by atoms with Crippen LogP contribution in [-0.4, -0.2) is 11.2 Å². The molecule has 2 heteroatoms. The Morgan fingerprint density at radius 1 is 1.16 bits per heavy atom. The maximum atomic E-state index is 11.2. The van der Waals surface area contributed by atoms with Crippen LogP contribution in [0.3, 0.4) is 0 Å². The van der Waals surface area contributed by atoms with Crippen LogP contribution < -0.4 is 4.74 Å². The van der Waals surface area contributed by atoms with Gasteiger partial charge in [-0.2, -0.15) is 0 Å². The highest BCUT2D eigenvalue weighted by Crippen LogP contribution is 2.50. The zero-order valence-electron chi connectivity index (χ0n) is 12.6. The molecule has 0 saturated heterocycles. The first kappa shape index (κ1) is 14.4. The molecule has 2 rings (SSSR count). The van der Waals surface area contributed by atoms with Crippen molar-refractivity contribution in [3.05, 3.63) is 29.8 Å². The highest BCUT2D eigenvalue weighted by atomic mass is 16.5. The summed E-state index contributed by atoms with van der Waals surface area (Å²) in [7, 11) is 0. The van der Waals surface area contributed by atoms with E-state index in [0.29, 0.717) is 0 Å². The summed E-state index contributed by atoms with van der Waals surface area (Å²) >= 11 is 0. The van der Waals surface area contributed by atoms with E-state index in [1.165, 1.54) is 6.42 Å². The lowest BCUT2D eigenvalue weighted by Crippen LogP contribution is -2.44. The molecule has 1 saturated carbocycles. The first-order valence-electron chi connectivity index (χ1n) is 7.35. The van der Waals surface area contributed by atoms with Crippen molar-refractivity contribution in [2.45, 2.75) is 65.1 Å². The van der Waals surface area contributed by atoms with Crippen LogP contribution in [0.4, 0.5) is 0 Å². The number of hydrogen-bond acceptors (Lipinski definition) is 2. The molecule has 1 N–H and O–H groups in total. The van der Waals surface area contributed by atoms with E-state index in [2.05, 4.69) is 13.8 Å². The van der Waals surface area contributed by atoms with Gasteiger partial charge in [0.05, 0.1) is 11.7 Å². The second-order valence-electron chi connectivity index (χ2n) is 6.65. The minimum Gasteiger partial charge on any atom is -0.491 e. The van der Waals surface area contributed by atoms with Crippen molar-refractivity contribution in [3.8, 4) is 5.75 Å². The summed E-state index contributed by atoms with van der Waals surface area (Å²) < 4.78 is 5.75. The fourth-order valence-corrected chi connectivity index (χ4v) is 3.13. The Hall–Kier alpha value is -1.02. The molecule has 1 atom stereocenters. The van der Waals surface area contributed by atoms with Crippen LogP contribution in [0.2, 0.25) is 0 Å². The lowest BCUT2D eigenvalue weighted by molar-refractivity contribution is -0.104. The van der Waals surface area contributed by atoms with Gasteiger partial charge in [0.25, 0.3) is 0 Å². The van der Waals surface area contributed by atoms with E-state index in [9.17, 15) is 5.11 Å². The minimum absolute atomic E-state index is 0.0816. The average molecular weight is 262 g/mol. The maximum absolute atomic E-state index is 11.2. The van der Waals surface area contributed by atoms with E-state index in [1.54, 1.807) is 0 Å². The van der Waals surface area contributed by atoms with Crippen molar-refractivity contribution >= 4 is 0 Å². The molecular weight excluding hydrogens is 236 g/mol. The van der Waals surface area contributed by atoms with Crippen LogP contribution in [0.1, 0.15) is 58.9 Å². The molecule has 1 aliphatic carbocycles. The molecule has 0 bridgehead atoms. The molecule has 1 unspecified atom stereocenters. The van der Waals surface area contributed by atoms with Gasteiger partial charge in [0.1, 0.15) is 5.75 Å². The molecule has 106 valence electrons. The Morgan fingerprint density at radius 2 is 1.84 bits per heavy atom. The van der Waals surface area contributed by atoms with Crippen LogP contribution in [-0.2, 0) is 5.60 Å². The molecule has 2 nitrogen and oxygen atoms in total. The van der Waals surface area contributed by atoms with Gasteiger partial charge in [-0.25, -0.2) is 0 Å². The van der Waals surface area contributed by atoms with Crippen molar-refractivity contribution in [2.24, 2.45) is 5.41 Å². The zero-order valence-corrected chi connectivity index (χ0v) is 12.6. The van der Waals surface area contributed by atoms with Gasteiger partial charge in [0, 0.05) is 0 Å². The summed E-state index contributed by atoms with van der Waals surface area (Å²) in [4.78, 5) is 0. The standard InChI is InChI=1S/C17H26O2/c1-13(2)19-15-9-7-8-14(12-15)17(18)11-6-5-10-16(17,3)4/h7-9,12-13,18H,5-6,10-11H2,1-4H3. The molecule has 1 aromatic carbocycles. The van der Waals surface area contributed by atoms with Crippen LogP contribution in [0.25, 0.3) is 0 Å². The number of benzene rings is 1. The lowest BCUT2D eigenvalue weighted by atomic mass is 9.62. The summed E-state index contributed by atoms with van der Waals surface area (Å²) in [6.07, 6.45) is 4.36. The predicted octanol–water partition coefficient (Wildman–Crippen LogP) is 4.26. The third-order valence-corrected chi connectivity index (χ3v) is 4.39. The number of rotatable bonds is 3. The quantitative estimate of drug-likeness (QED) is 0.882. The normalized spacial score (nSPS) is 26.4. The van der Waals surface area contributed by atoms with Gasteiger partial charge in [0.2, 0.25) is 0 Å². The maximum Gasteiger partial charge on any atom is 0.120 e. The molecule has 0 spiro atoms. The van der Waals surface area contributed by atoms with Gasteiger partial charge in [-0.1, -0.05) is 38.8 Å². The second-order valence-corrected chi connectivity index (χ2v) is 6.65. The van der Waals surface area contributed by atoms with E-state index >= 15 is 0 Å². The predicted molar refractivity (Wildman–Crippen MR) is 78.4 cm³/mol. The Labute approximate surface area is 116 Å². The molecule has 1 aliphatic rings. The molecule has 0 aromatic heterocycles. The van der Waals surface area contributed by atoms with Gasteiger partial charge in [0.15, 0.2) is 0 Å². The Bertz CT molecular complexity index is 437. The SMILES string of the molecule is CC(C)Oc1cccc(C2(O)CCCCC2(C)C)c1. The van der Waals surface area contributed by atoms with Gasteiger partial charge < -0.3 is 9.84 Å². The average Bonchev–Trinajstić information content (AvgIpc) is 2.32. The molecule has 1 aromatic rings. The van der Waals surface area contributed by atoms with E-state index in [0.717, 1.165) is 30.6 Å². The fourth-order valence-electron chi connectivity index (χ4n) is 3.13. The summed E-state index contributed by atoms with van der Waals surface area (Å²) in [5.74, 6) is 0.849. The fraction of sp³-hybridized carbons (Fsp3) is 0.647. The summed E-state index contributed by atoms with van der Waals surface area (Å²) in [5.41, 5.74) is 0.180. The smallest absolute Gasteiger partial charge is 0.120 e. The van der Waals surface area contributed by atoms with Crippen molar-refractivity contribution in [2.75, 3.05) is 0 Å². The molecule has 0 amide bonds. The Morgan fingerprint density at radius 3 is 2.47 bits per heavy atom. The van der Waals surface area contributed by atoms with Crippen molar-refractivity contribution in [1.82, 2.24) is 0 Å². The highest BCUT2D eigenvalue weighted by molar-refractivity contribution is 5.34. The molecular formula is C17H26O2. The van der Waals surface area contributed by atoms with Gasteiger partial charge in [-0.05, 0) is 49.8 Å². The zero-order chi connectivity index (χ0) is 14.1. The monoisotopic (exact) mass is 262 g/mol. The van der Waals surface area contributed by atoms with Crippen LogP contribution in [0, 0.1) is 5.41 Å². The molecule has 0 heterocycles. The summed E-state index contributed by atoms with van der Waals surface area (Å²) in [6, 6.07) is 7.98. The lowest BCUT2D eigenvalue weighted by Gasteiger charge is -2.47. The Balaban J connectivity index is 2.34. The van der Waals surface area contributed by atoms with Crippen molar-refractivity contribution in [1.29, 1.82) is 0 Å². The molecule has 0 aliphatic heterocycles. The number of ether oxygens (including phenoxy) is 1. The Kier molecular flexibility index (Phi) is 3.91. The van der Waals surface area contributed by atoms with Crippen LogP contribution >= 0.6 is 0 Å². The van der Waals surface area contributed by atoms with Gasteiger partial charge in [-0.15, -0.1) is 0 Å². The van der Waals surface area contributed by atoms with Crippen LogP contribution in [0.15, 0.2) is 24.3 Å². The molecule has 19 heavy (non-hydrogen) atoms. The van der Waals surface area contributed by atoms with Crippen molar-refractivity contribution < 1.29 is 9.84 Å². The minimum atomic E-state index is -0.735. The van der Waals surface area contributed by atoms with E-state index in [-0.39, 0.29) is 11.5 Å². The third-order valence-electron chi connectivity index (χ3n) is 4.39. The first-order valence-corrected chi connectivity index (χ1v) is 7.35. The largest absolute Gasteiger partial charge is 0.491 e. The van der Waals surface area contributed by atoms with Crippen molar-refractivity contribution in [3.63, 3.8) is 0 Å². The second kappa shape index (κ2) is 5.16. The molecule has 1 fully saturated rings. The summed E-state index contributed by atoms with van der Waals surface area (Å²) in [6.45, 7) is 8.38. The van der Waals surface area contributed by atoms with Gasteiger partial charge in [-0.3, -0.25) is 0 Å². The van der Waals surface area contributed by atoms with Gasteiger partial charge >= 0.3 is 0 Å². The third kappa shape index (κ3) is 2.79. The molecule has 0 radical (unpaired) electrons. The van der Waals surface area contributed by atoms with E-state index in [1.807, 2.05) is 38.1 Å². The van der Waals surface area contributed by atoms with Crippen LogP contribution in [0.5, 0.6) is 5.75 Å². The van der Waals surface area contributed by atoms with E-state index < -0.39 is 5.60 Å². The highest BCUT2D eigenvalue weighted by Gasteiger charge is 2.46. The number of aliphatic hydroxyl groups is 1. The summed E-state index contributed by atoms with van der Waals surface area (Å²) in [5, 5.41) is 11.2. The first-order chi connectivity index (χ1) is 8.85.